The van der Waals surface area contributed by atoms with Gasteiger partial charge in [0.1, 0.15) is 5.76 Å². The SMILES string of the molecule is Cc1cc(NC2CS(=O)(=O)c3ccccc32)no1. The molecule has 0 amide bonds. The monoisotopic (exact) mass is 264 g/mol. The van der Waals surface area contributed by atoms with Crippen molar-refractivity contribution in [2.75, 3.05) is 11.1 Å². The Bertz CT molecular complexity index is 691. The minimum absolute atomic E-state index is 0.0538. The number of hydrogen-bond acceptors (Lipinski definition) is 5. The molecule has 0 spiro atoms. The van der Waals surface area contributed by atoms with Gasteiger partial charge in [0.2, 0.25) is 0 Å². The molecule has 1 atom stereocenters. The van der Waals surface area contributed by atoms with Gasteiger partial charge in [-0.1, -0.05) is 23.4 Å². The molecule has 18 heavy (non-hydrogen) atoms. The lowest BCUT2D eigenvalue weighted by molar-refractivity contribution is 0.399. The van der Waals surface area contributed by atoms with Gasteiger partial charge in [-0.3, -0.25) is 0 Å². The van der Waals surface area contributed by atoms with Crippen molar-refractivity contribution < 1.29 is 12.9 Å². The van der Waals surface area contributed by atoms with Crippen molar-refractivity contribution in [3.63, 3.8) is 0 Å². The van der Waals surface area contributed by atoms with E-state index in [0.717, 1.165) is 5.56 Å². The Morgan fingerprint density at radius 2 is 2.17 bits per heavy atom. The van der Waals surface area contributed by atoms with Crippen LogP contribution in [0.5, 0.6) is 0 Å². The fraction of sp³-hybridized carbons (Fsp3) is 0.250. The fourth-order valence-corrected chi connectivity index (χ4v) is 3.92. The van der Waals surface area contributed by atoms with E-state index in [0.29, 0.717) is 16.5 Å². The van der Waals surface area contributed by atoms with Crippen LogP contribution in [0, 0.1) is 6.92 Å². The van der Waals surface area contributed by atoms with Gasteiger partial charge in [0.05, 0.1) is 16.7 Å². The number of rotatable bonds is 2. The highest BCUT2D eigenvalue weighted by Gasteiger charge is 2.34. The zero-order chi connectivity index (χ0) is 12.8. The Kier molecular flexibility index (Phi) is 2.41. The molecule has 1 aromatic carbocycles. The zero-order valence-electron chi connectivity index (χ0n) is 9.75. The third-order valence-electron chi connectivity index (χ3n) is 2.97. The van der Waals surface area contributed by atoms with Crippen molar-refractivity contribution in [1.82, 2.24) is 5.16 Å². The normalized spacial score (nSPS) is 20.6. The van der Waals surface area contributed by atoms with Gasteiger partial charge >= 0.3 is 0 Å². The molecular formula is C12H12N2O3S. The van der Waals surface area contributed by atoms with E-state index in [-0.39, 0.29) is 11.8 Å². The number of benzene rings is 1. The molecule has 1 N–H and O–H groups in total. The average Bonchev–Trinajstić information content (AvgIpc) is 2.83. The third kappa shape index (κ3) is 1.78. The molecule has 0 saturated heterocycles. The molecule has 1 aromatic heterocycles. The maximum absolute atomic E-state index is 12.0. The third-order valence-corrected chi connectivity index (χ3v) is 4.78. The second kappa shape index (κ2) is 3.84. The number of sulfone groups is 1. The topological polar surface area (TPSA) is 72.2 Å². The predicted molar refractivity (Wildman–Crippen MR) is 66.1 cm³/mol. The van der Waals surface area contributed by atoms with Gasteiger partial charge in [0, 0.05) is 6.07 Å². The number of hydrogen-bond donors (Lipinski definition) is 1. The Balaban J connectivity index is 1.97. The van der Waals surface area contributed by atoms with Crippen molar-refractivity contribution in [2.24, 2.45) is 0 Å². The first kappa shape index (κ1) is 11.3. The van der Waals surface area contributed by atoms with Crippen LogP contribution in [0.4, 0.5) is 5.82 Å². The van der Waals surface area contributed by atoms with E-state index in [1.807, 2.05) is 12.1 Å². The number of nitrogens with zero attached hydrogens (tertiary/aromatic N) is 1. The Morgan fingerprint density at radius 3 is 2.89 bits per heavy atom. The van der Waals surface area contributed by atoms with Crippen LogP contribution in [-0.2, 0) is 9.84 Å². The maximum Gasteiger partial charge on any atom is 0.181 e. The number of anilines is 1. The molecule has 94 valence electrons. The minimum atomic E-state index is -3.19. The van der Waals surface area contributed by atoms with E-state index >= 15 is 0 Å². The lowest BCUT2D eigenvalue weighted by Gasteiger charge is -2.10. The van der Waals surface area contributed by atoms with Gasteiger partial charge in [0.25, 0.3) is 0 Å². The van der Waals surface area contributed by atoms with Crippen LogP contribution >= 0.6 is 0 Å². The smallest absolute Gasteiger partial charge is 0.181 e. The predicted octanol–water partition coefficient (Wildman–Crippen LogP) is 1.92. The Hall–Kier alpha value is -1.82. The highest BCUT2D eigenvalue weighted by atomic mass is 32.2. The van der Waals surface area contributed by atoms with Crippen LogP contribution in [0.25, 0.3) is 0 Å². The second-order valence-corrected chi connectivity index (χ2v) is 6.34. The van der Waals surface area contributed by atoms with Gasteiger partial charge in [0.15, 0.2) is 15.7 Å². The molecule has 0 radical (unpaired) electrons. The fourth-order valence-electron chi connectivity index (χ4n) is 2.18. The van der Waals surface area contributed by atoms with E-state index < -0.39 is 9.84 Å². The lowest BCUT2D eigenvalue weighted by atomic mass is 10.1. The molecule has 1 aliphatic heterocycles. The second-order valence-electron chi connectivity index (χ2n) is 4.34. The molecule has 0 saturated carbocycles. The van der Waals surface area contributed by atoms with Gasteiger partial charge in [-0.2, -0.15) is 0 Å². The zero-order valence-corrected chi connectivity index (χ0v) is 10.6. The van der Waals surface area contributed by atoms with Crippen LogP contribution < -0.4 is 5.32 Å². The first-order valence-corrected chi connectivity index (χ1v) is 7.23. The highest BCUT2D eigenvalue weighted by molar-refractivity contribution is 7.91. The quantitative estimate of drug-likeness (QED) is 0.897. The Labute approximate surface area is 105 Å². The van der Waals surface area contributed by atoms with E-state index in [4.69, 9.17) is 4.52 Å². The molecular weight excluding hydrogens is 252 g/mol. The summed E-state index contributed by atoms with van der Waals surface area (Å²) < 4.78 is 28.9. The summed E-state index contributed by atoms with van der Waals surface area (Å²) >= 11 is 0. The van der Waals surface area contributed by atoms with Crippen molar-refractivity contribution >= 4 is 15.7 Å². The summed E-state index contributed by atoms with van der Waals surface area (Å²) in [6.45, 7) is 1.79. The van der Waals surface area contributed by atoms with Crippen molar-refractivity contribution in [1.29, 1.82) is 0 Å². The molecule has 0 aliphatic carbocycles. The Morgan fingerprint density at radius 1 is 1.39 bits per heavy atom. The van der Waals surface area contributed by atoms with Gasteiger partial charge in [-0.25, -0.2) is 8.42 Å². The molecule has 0 fully saturated rings. The summed E-state index contributed by atoms with van der Waals surface area (Å²) in [4.78, 5) is 0.405. The molecule has 1 aliphatic rings. The lowest BCUT2D eigenvalue weighted by Crippen LogP contribution is -2.12. The largest absolute Gasteiger partial charge is 0.360 e. The summed E-state index contributed by atoms with van der Waals surface area (Å²) in [7, 11) is -3.19. The van der Waals surface area contributed by atoms with Crippen LogP contribution in [0.1, 0.15) is 17.4 Å². The van der Waals surface area contributed by atoms with Crippen molar-refractivity contribution in [3.8, 4) is 0 Å². The molecule has 0 bridgehead atoms. The molecule has 5 nitrogen and oxygen atoms in total. The van der Waals surface area contributed by atoms with Crippen LogP contribution in [0.15, 0.2) is 39.8 Å². The van der Waals surface area contributed by atoms with Crippen LogP contribution in [0.2, 0.25) is 0 Å². The number of aryl methyl sites for hydroxylation is 1. The van der Waals surface area contributed by atoms with Gasteiger partial charge < -0.3 is 9.84 Å². The van der Waals surface area contributed by atoms with E-state index in [1.165, 1.54) is 0 Å². The minimum Gasteiger partial charge on any atom is -0.360 e. The van der Waals surface area contributed by atoms with Crippen molar-refractivity contribution in [2.45, 2.75) is 17.9 Å². The highest BCUT2D eigenvalue weighted by Crippen LogP contribution is 2.35. The van der Waals surface area contributed by atoms with E-state index in [9.17, 15) is 8.42 Å². The van der Waals surface area contributed by atoms with E-state index in [1.54, 1.807) is 25.1 Å². The molecule has 2 aromatic rings. The number of aromatic nitrogens is 1. The van der Waals surface area contributed by atoms with Gasteiger partial charge in [-0.15, -0.1) is 0 Å². The van der Waals surface area contributed by atoms with Gasteiger partial charge in [-0.05, 0) is 18.6 Å². The molecule has 1 unspecified atom stereocenters. The standard InChI is InChI=1S/C12H12N2O3S/c1-8-6-12(14-17-8)13-10-7-18(15,16)11-5-3-2-4-9(10)11/h2-6,10H,7H2,1H3,(H,13,14). The van der Waals surface area contributed by atoms with E-state index in [2.05, 4.69) is 10.5 Å². The molecule has 3 rings (SSSR count). The summed E-state index contributed by atoms with van der Waals surface area (Å²) in [6.07, 6.45) is 0. The summed E-state index contributed by atoms with van der Waals surface area (Å²) in [5.41, 5.74) is 0.790. The van der Waals surface area contributed by atoms with Crippen molar-refractivity contribution in [3.05, 3.63) is 41.7 Å². The first-order chi connectivity index (χ1) is 8.56. The molecule has 6 heteroatoms. The average molecular weight is 264 g/mol. The summed E-state index contributed by atoms with van der Waals surface area (Å²) in [5, 5.41) is 6.91. The number of nitrogens with one attached hydrogen (secondary N) is 1. The number of fused-ring (bicyclic) bond motifs is 1. The van der Waals surface area contributed by atoms with Crippen LogP contribution in [0.3, 0.4) is 0 Å². The van der Waals surface area contributed by atoms with Crippen LogP contribution in [-0.4, -0.2) is 19.3 Å². The summed E-state index contributed by atoms with van der Waals surface area (Å²) in [6, 6.07) is 8.51. The summed E-state index contributed by atoms with van der Waals surface area (Å²) in [5.74, 6) is 1.30. The first-order valence-electron chi connectivity index (χ1n) is 5.58. The molecule has 2 heterocycles. The maximum atomic E-state index is 12.0.